The van der Waals surface area contributed by atoms with Crippen molar-refractivity contribution in [3.05, 3.63) is 11.4 Å². The first-order valence-electron chi connectivity index (χ1n) is 4.27. The quantitative estimate of drug-likeness (QED) is 0.592. The summed E-state index contributed by atoms with van der Waals surface area (Å²) in [6, 6.07) is 0. The molecule has 0 saturated heterocycles. The van der Waals surface area contributed by atoms with Crippen molar-refractivity contribution >= 4 is 0 Å². The van der Waals surface area contributed by atoms with E-state index < -0.39 is 0 Å². The first-order chi connectivity index (χ1) is 5.43. The fraction of sp³-hybridized carbons (Fsp3) is 0.778. The minimum absolute atomic E-state index is 0.124. The zero-order chi connectivity index (χ0) is 8.98. The monoisotopic (exact) mass is 166 g/mol. The molecule has 0 saturated carbocycles. The van der Waals surface area contributed by atoms with E-state index in [1.54, 1.807) is 0 Å². The molecule has 0 radical (unpaired) electrons. The molecule has 0 unspecified atom stereocenters. The van der Waals surface area contributed by atoms with Gasteiger partial charge in [0, 0.05) is 10.8 Å². The van der Waals surface area contributed by atoms with Crippen molar-refractivity contribution in [2.24, 2.45) is 0 Å². The molecule has 1 aliphatic carbocycles. The van der Waals surface area contributed by atoms with Gasteiger partial charge in [-0.2, -0.15) is 0 Å². The lowest BCUT2D eigenvalue weighted by molar-refractivity contribution is 0.264. The van der Waals surface area contributed by atoms with Gasteiger partial charge in [-0.05, 0) is 6.42 Å². The summed E-state index contributed by atoms with van der Waals surface area (Å²) in [5.74, 6) is 0. The minimum atomic E-state index is 0.124. The van der Waals surface area contributed by atoms with Crippen LogP contribution in [0.4, 0.5) is 0 Å². The van der Waals surface area contributed by atoms with E-state index in [2.05, 4.69) is 38.0 Å². The summed E-state index contributed by atoms with van der Waals surface area (Å²) in [7, 11) is 0. The molecule has 1 aromatic heterocycles. The summed E-state index contributed by atoms with van der Waals surface area (Å²) in [5.41, 5.74) is 2.32. The van der Waals surface area contributed by atoms with E-state index in [9.17, 15) is 0 Å². The van der Waals surface area contributed by atoms with Gasteiger partial charge < -0.3 is 0 Å². The van der Waals surface area contributed by atoms with Gasteiger partial charge in [0.2, 0.25) is 0 Å². The maximum Gasteiger partial charge on any atom is 0.114 e. The Balaban J connectivity index is 2.60. The van der Waals surface area contributed by atoms with Crippen molar-refractivity contribution in [3.63, 3.8) is 0 Å². The van der Waals surface area contributed by atoms with Crippen LogP contribution in [0.2, 0.25) is 0 Å². The van der Waals surface area contributed by atoms with Crippen LogP contribution in [0.25, 0.3) is 0 Å². The van der Waals surface area contributed by atoms with E-state index in [0.29, 0.717) is 0 Å². The third kappa shape index (κ3) is 0.822. The Morgan fingerprint density at radius 1 is 1.00 bits per heavy atom. The molecule has 3 nitrogen and oxygen atoms in total. The van der Waals surface area contributed by atoms with Gasteiger partial charge in [-0.15, -0.1) is 0 Å². The van der Waals surface area contributed by atoms with Gasteiger partial charge in [0.1, 0.15) is 11.4 Å². The number of rotatable bonds is 0. The van der Waals surface area contributed by atoms with E-state index in [1.807, 2.05) is 0 Å². The Bertz CT molecular complexity index is 284. The van der Waals surface area contributed by atoms with Gasteiger partial charge in [-0.25, -0.2) is 4.63 Å². The second-order valence-electron chi connectivity index (χ2n) is 4.91. The van der Waals surface area contributed by atoms with Gasteiger partial charge in [-0.3, -0.25) is 0 Å². The average Bonchev–Trinajstić information content (AvgIpc) is 2.34. The Morgan fingerprint density at radius 3 is 1.83 bits per heavy atom. The van der Waals surface area contributed by atoms with E-state index in [-0.39, 0.29) is 10.8 Å². The second-order valence-corrected chi connectivity index (χ2v) is 4.91. The van der Waals surface area contributed by atoms with Crippen LogP contribution in [-0.2, 0) is 10.8 Å². The highest BCUT2D eigenvalue weighted by Gasteiger charge is 2.46. The molecular formula is C9H14N2O. The molecule has 0 amide bonds. The fourth-order valence-corrected chi connectivity index (χ4v) is 2.35. The van der Waals surface area contributed by atoms with Crippen LogP contribution < -0.4 is 0 Å². The molecule has 1 aromatic rings. The molecule has 0 spiro atoms. The molecule has 2 rings (SSSR count). The van der Waals surface area contributed by atoms with E-state index >= 15 is 0 Å². The summed E-state index contributed by atoms with van der Waals surface area (Å²) in [4.78, 5) is 0. The topological polar surface area (TPSA) is 38.9 Å². The average molecular weight is 166 g/mol. The SMILES string of the molecule is CC1(C)CC(C)(C)c2nonc21. The van der Waals surface area contributed by atoms with Crippen LogP contribution in [0.3, 0.4) is 0 Å². The summed E-state index contributed by atoms with van der Waals surface area (Å²) in [6.45, 7) is 8.74. The lowest BCUT2D eigenvalue weighted by atomic mass is 9.83. The zero-order valence-corrected chi connectivity index (χ0v) is 8.01. The van der Waals surface area contributed by atoms with E-state index in [1.165, 1.54) is 0 Å². The van der Waals surface area contributed by atoms with Gasteiger partial charge in [0.15, 0.2) is 0 Å². The van der Waals surface area contributed by atoms with Crippen LogP contribution in [-0.4, -0.2) is 10.3 Å². The highest BCUT2D eigenvalue weighted by molar-refractivity contribution is 5.32. The fourth-order valence-electron chi connectivity index (χ4n) is 2.35. The third-order valence-corrected chi connectivity index (χ3v) is 2.65. The van der Waals surface area contributed by atoms with Crippen molar-refractivity contribution < 1.29 is 4.63 Å². The molecule has 0 bridgehead atoms. The Labute approximate surface area is 72.1 Å². The summed E-state index contributed by atoms with van der Waals surface area (Å²) in [6.07, 6.45) is 1.10. The molecule has 0 atom stereocenters. The lowest BCUT2D eigenvalue weighted by Crippen LogP contribution is -2.19. The largest absolute Gasteiger partial charge is 0.244 e. The molecule has 1 heterocycles. The van der Waals surface area contributed by atoms with Gasteiger partial charge in [0.05, 0.1) is 0 Å². The van der Waals surface area contributed by atoms with Crippen LogP contribution in [0.15, 0.2) is 4.63 Å². The van der Waals surface area contributed by atoms with Crippen LogP contribution in [0, 0.1) is 0 Å². The lowest BCUT2D eigenvalue weighted by Gasteiger charge is -2.21. The Hall–Kier alpha value is -0.860. The zero-order valence-electron chi connectivity index (χ0n) is 8.01. The van der Waals surface area contributed by atoms with E-state index in [0.717, 1.165) is 17.8 Å². The van der Waals surface area contributed by atoms with Crippen molar-refractivity contribution in [2.75, 3.05) is 0 Å². The van der Waals surface area contributed by atoms with Crippen LogP contribution >= 0.6 is 0 Å². The number of fused-ring (bicyclic) bond motifs is 1. The minimum Gasteiger partial charge on any atom is -0.244 e. The van der Waals surface area contributed by atoms with Gasteiger partial charge in [0.25, 0.3) is 0 Å². The number of aromatic nitrogens is 2. The smallest absolute Gasteiger partial charge is 0.114 e. The number of hydrogen-bond donors (Lipinski definition) is 0. The standard InChI is InChI=1S/C9H14N2O/c1-8(2)5-9(3,4)7-6(8)10-12-11-7/h5H2,1-4H3. The molecule has 12 heavy (non-hydrogen) atoms. The summed E-state index contributed by atoms with van der Waals surface area (Å²) >= 11 is 0. The molecule has 3 heteroatoms. The molecule has 0 aliphatic heterocycles. The Kier molecular flexibility index (Phi) is 1.23. The third-order valence-electron chi connectivity index (χ3n) is 2.65. The van der Waals surface area contributed by atoms with Gasteiger partial charge in [-0.1, -0.05) is 38.0 Å². The van der Waals surface area contributed by atoms with Crippen molar-refractivity contribution in [2.45, 2.75) is 44.9 Å². The van der Waals surface area contributed by atoms with Gasteiger partial charge >= 0.3 is 0 Å². The molecule has 66 valence electrons. The Morgan fingerprint density at radius 2 is 1.42 bits per heavy atom. The van der Waals surface area contributed by atoms with Crippen molar-refractivity contribution in [3.8, 4) is 0 Å². The predicted octanol–water partition coefficient (Wildman–Crippen LogP) is 2.03. The maximum absolute atomic E-state index is 4.76. The first kappa shape index (κ1) is 7.77. The highest BCUT2D eigenvalue weighted by Crippen LogP contribution is 2.47. The first-order valence-corrected chi connectivity index (χ1v) is 4.27. The number of hydrogen-bond acceptors (Lipinski definition) is 3. The van der Waals surface area contributed by atoms with Crippen molar-refractivity contribution in [1.82, 2.24) is 10.3 Å². The molecular weight excluding hydrogens is 152 g/mol. The predicted molar refractivity (Wildman–Crippen MR) is 45.0 cm³/mol. The highest BCUT2D eigenvalue weighted by atomic mass is 16.6. The maximum atomic E-state index is 4.76. The van der Waals surface area contributed by atoms with Crippen LogP contribution in [0.1, 0.15) is 45.5 Å². The normalized spacial score (nSPS) is 24.0. The molecule has 1 aliphatic rings. The molecule has 0 N–H and O–H groups in total. The molecule has 0 aromatic carbocycles. The summed E-state index contributed by atoms with van der Waals surface area (Å²) in [5, 5.41) is 7.92. The molecule has 0 fully saturated rings. The van der Waals surface area contributed by atoms with Crippen LogP contribution in [0.5, 0.6) is 0 Å². The second kappa shape index (κ2) is 1.90. The van der Waals surface area contributed by atoms with E-state index in [4.69, 9.17) is 4.63 Å². The number of nitrogens with zero attached hydrogens (tertiary/aromatic N) is 2. The summed E-state index contributed by atoms with van der Waals surface area (Å²) < 4.78 is 4.76. The van der Waals surface area contributed by atoms with Crippen molar-refractivity contribution in [1.29, 1.82) is 0 Å².